The minimum absolute atomic E-state index is 0. The maximum atomic E-state index is 8.43. The van der Waals surface area contributed by atoms with Gasteiger partial charge in [0.05, 0.1) is 24.4 Å². The molecule has 0 aliphatic carbocycles. The molecule has 4 fully saturated rings. The number of hydrogen-bond acceptors (Lipinski definition) is 8. The molecule has 0 amide bonds. The molecule has 0 radical (unpaired) electrons. The average Bonchev–Trinajstić information content (AvgIpc) is 2.31. The summed E-state index contributed by atoms with van der Waals surface area (Å²) in [5, 5.41) is 33.7. The predicted molar refractivity (Wildman–Crippen MR) is 93.3 cm³/mol. The van der Waals surface area contributed by atoms with E-state index in [-0.39, 0.29) is 46.1 Å². The molecule has 9 heteroatoms. The maximum absolute atomic E-state index is 8.43. The van der Waals surface area contributed by atoms with E-state index in [1.807, 2.05) is 0 Å². The third-order valence-corrected chi connectivity index (χ3v) is 7.45. The molecule has 21 heavy (non-hydrogen) atoms. The Morgan fingerprint density at radius 2 is 0.524 bits per heavy atom. The fraction of sp³-hybridized carbons (Fsp3) is 1.00. The summed E-state index contributed by atoms with van der Waals surface area (Å²) in [6.45, 7) is 0. The van der Waals surface area contributed by atoms with Crippen molar-refractivity contribution in [3.05, 3.63) is 0 Å². The van der Waals surface area contributed by atoms with Crippen molar-refractivity contribution in [3.8, 4) is 0 Å². The second-order valence-electron chi connectivity index (χ2n) is 4.77. The molecule has 4 nitrogen and oxygen atoms in total. The van der Waals surface area contributed by atoms with Gasteiger partial charge in [-0.05, 0) is 0 Å². The molecule has 0 unspecified atom stereocenters. The zero-order chi connectivity index (χ0) is 14.8. The summed E-state index contributed by atoms with van der Waals surface area (Å²) in [6, 6.07) is 0. The Morgan fingerprint density at radius 1 is 0.429 bits per heavy atom. The van der Waals surface area contributed by atoms with Crippen molar-refractivity contribution in [1.29, 1.82) is 0 Å². The van der Waals surface area contributed by atoms with Gasteiger partial charge < -0.3 is 20.4 Å². The van der Waals surface area contributed by atoms with Gasteiger partial charge in [-0.25, -0.2) is 0 Å². The third kappa shape index (κ3) is 13.0. The van der Waals surface area contributed by atoms with Crippen LogP contribution in [0.2, 0.25) is 0 Å². The molecule has 4 rings (SSSR count). The zero-order valence-corrected chi connectivity index (χ0v) is 16.7. The van der Waals surface area contributed by atoms with E-state index in [1.54, 1.807) is 47.0 Å². The van der Waals surface area contributed by atoms with E-state index in [0.717, 1.165) is 46.0 Å². The van der Waals surface area contributed by atoms with Gasteiger partial charge in [-0.1, -0.05) is 0 Å². The van der Waals surface area contributed by atoms with Gasteiger partial charge in [0.25, 0.3) is 0 Å². The van der Waals surface area contributed by atoms with Crippen molar-refractivity contribution >= 4 is 47.0 Å². The van der Waals surface area contributed by atoms with Crippen LogP contribution in [-0.2, 0) is 21.7 Å². The first-order chi connectivity index (χ1) is 9.58. The summed E-state index contributed by atoms with van der Waals surface area (Å²) in [5.41, 5.74) is 0. The second kappa shape index (κ2) is 14.3. The third-order valence-electron chi connectivity index (χ3n) is 2.48. The quantitative estimate of drug-likeness (QED) is 0.429. The summed E-state index contributed by atoms with van der Waals surface area (Å²) in [4.78, 5) is 0. The summed E-state index contributed by atoms with van der Waals surface area (Å²) >= 11 is 7.18. The van der Waals surface area contributed by atoms with Crippen LogP contribution >= 0.6 is 47.0 Å². The first-order valence-corrected chi connectivity index (χ1v) is 11.2. The number of aliphatic hydroxyl groups is 4. The molecule has 4 saturated heterocycles. The number of hydrogen-bond donors (Lipinski definition) is 4. The van der Waals surface area contributed by atoms with E-state index < -0.39 is 0 Å². The van der Waals surface area contributed by atoms with Crippen LogP contribution in [0.25, 0.3) is 0 Å². The molecule has 0 saturated carbocycles. The van der Waals surface area contributed by atoms with Crippen LogP contribution in [0.3, 0.4) is 0 Å². The predicted octanol–water partition coefficient (Wildman–Crippen LogP) is 0.374. The minimum atomic E-state index is 0. The van der Waals surface area contributed by atoms with Gasteiger partial charge >= 0.3 is 0 Å². The summed E-state index contributed by atoms with van der Waals surface area (Å²) < 4.78 is 0. The standard InChI is InChI=1S/4C3H6OS.Ti/c4*4-3-1-5-2-3;/h4*3-4H,1-2H2;. The molecule has 4 N–H and O–H groups in total. The first-order valence-electron chi connectivity index (χ1n) is 6.61. The van der Waals surface area contributed by atoms with Crippen LogP contribution in [0.4, 0.5) is 0 Å². The van der Waals surface area contributed by atoms with Crippen molar-refractivity contribution in [2.24, 2.45) is 0 Å². The van der Waals surface area contributed by atoms with Gasteiger partial charge in [0.1, 0.15) is 0 Å². The van der Waals surface area contributed by atoms with Crippen LogP contribution in [0.5, 0.6) is 0 Å². The molecule has 0 aromatic rings. The van der Waals surface area contributed by atoms with Gasteiger partial charge in [0.2, 0.25) is 0 Å². The molecule has 4 aliphatic heterocycles. The van der Waals surface area contributed by atoms with E-state index in [4.69, 9.17) is 20.4 Å². The van der Waals surface area contributed by atoms with E-state index in [9.17, 15) is 0 Å². The van der Waals surface area contributed by atoms with Gasteiger partial charge in [0, 0.05) is 67.7 Å². The molecule has 124 valence electrons. The molecule has 0 spiro atoms. The topological polar surface area (TPSA) is 80.9 Å². The van der Waals surface area contributed by atoms with Crippen molar-refractivity contribution in [1.82, 2.24) is 0 Å². The summed E-state index contributed by atoms with van der Waals surface area (Å²) in [6.07, 6.45) is 0.111. The minimum Gasteiger partial charge on any atom is -0.391 e. The average molecular weight is 408 g/mol. The van der Waals surface area contributed by atoms with Crippen molar-refractivity contribution < 1.29 is 42.1 Å². The van der Waals surface area contributed by atoms with Crippen molar-refractivity contribution in [2.75, 3.05) is 46.0 Å². The van der Waals surface area contributed by atoms with Crippen LogP contribution in [0, 0.1) is 0 Å². The smallest absolute Gasteiger partial charge is 0.0720 e. The Hall–Kier alpha value is 1.95. The second-order valence-corrected chi connectivity index (χ2v) is 9.06. The van der Waals surface area contributed by atoms with Crippen LogP contribution in [-0.4, -0.2) is 90.9 Å². The van der Waals surface area contributed by atoms with Crippen LogP contribution in [0.15, 0.2) is 0 Å². The Bertz CT molecular complexity index is 189. The fourth-order valence-electron chi connectivity index (χ4n) is 0.893. The van der Waals surface area contributed by atoms with Gasteiger partial charge in [0.15, 0.2) is 0 Å². The van der Waals surface area contributed by atoms with E-state index in [0.29, 0.717) is 0 Å². The molecule has 0 aromatic heterocycles. The SMILES string of the molecule is OC1CSC1.OC1CSC1.OC1CSC1.OC1CSC1.[Ti]. The molecule has 0 bridgehead atoms. The molecule has 0 atom stereocenters. The van der Waals surface area contributed by atoms with Crippen LogP contribution < -0.4 is 0 Å². The van der Waals surface area contributed by atoms with Gasteiger partial charge in [-0.2, -0.15) is 47.0 Å². The van der Waals surface area contributed by atoms with Crippen molar-refractivity contribution in [2.45, 2.75) is 24.4 Å². The molecular weight excluding hydrogens is 384 g/mol. The Balaban J connectivity index is 0.000000250. The summed E-state index contributed by atoms with van der Waals surface area (Å²) in [7, 11) is 0. The van der Waals surface area contributed by atoms with Crippen molar-refractivity contribution in [3.63, 3.8) is 0 Å². The normalized spacial score (nSPS) is 24.6. The Labute approximate surface area is 158 Å². The molecular formula is C12H24O4S4Ti. The number of aliphatic hydroxyl groups excluding tert-OH is 4. The van der Waals surface area contributed by atoms with Gasteiger partial charge in [-0.3, -0.25) is 0 Å². The first kappa shape index (κ1) is 23.0. The van der Waals surface area contributed by atoms with E-state index in [1.165, 1.54) is 0 Å². The zero-order valence-electron chi connectivity index (χ0n) is 11.9. The Kier molecular flexibility index (Phi) is 15.6. The molecule has 4 heterocycles. The van der Waals surface area contributed by atoms with Crippen LogP contribution in [0.1, 0.15) is 0 Å². The molecule has 0 aromatic carbocycles. The summed E-state index contributed by atoms with van der Waals surface area (Å²) in [5.74, 6) is 7.67. The van der Waals surface area contributed by atoms with E-state index >= 15 is 0 Å². The monoisotopic (exact) mass is 408 g/mol. The molecule has 4 aliphatic rings. The number of rotatable bonds is 0. The van der Waals surface area contributed by atoms with E-state index in [2.05, 4.69) is 0 Å². The van der Waals surface area contributed by atoms with Gasteiger partial charge in [-0.15, -0.1) is 0 Å². The number of thioether (sulfide) groups is 4. The fourth-order valence-corrected chi connectivity index (χ4v) is 2.68. The Morgan fingerprint density at radius 3 is 0.524 bits per heavy atom. The maximum Gasteiger partial charge on any atom is 0.0720 e. The largest absolute Gasteiger partial charge is 0.391 e.